The van der Waals surface area contributed by atoms with E-state index in [1.165, 1.54) is 5.56 Å². The van der Waals surface area contributed by atoms with Crippen molar-refractivity contribution in [2.75, 3.05) is 19.5 Å². The third-order valence-electron chi connectivity index (χ3n) is 5.19. The van der Waals surface area contributed by atoms with Gasteiger partial charge in [0.2, 0.25) is 0 Å². The lowest BCUT2D eigenvalue weighted by atomic mass is 10.0. The van der Waals surface area contributed by atoms with E-state index in [1.807, 2.05) is 24.3 Å². The molecule has 1 atom stereocenters. The maximum absolute atomic E-state index is 5.31. The van der Waals surface area contributed by atoms with E-state index in [0.717, 1.165) is 40.4 Å². The van der Waals surface area contributed by atoms with Crippen LogP contribution in [0.25, 0.3) is 0 Å². The lowest BCUT2D eigenvalue weighted by Crippen LogP contribution is -2.30. The Kier molecular flexibility index (Phi) is 4.78. The molecule has 1 N–H and O–H groups in total. The maximum atomic E-state index is 5.31. The third kappa shape index (κ3) is 3.46. The maximum Gasteiger partial charge on any atom is 0.153 e. The lowest BCUT2D eigenvalue weighted by molar-refractivity contribution is 0.414. The second-order valence-corrected chi connectivity index (χ2v) is 7.05. The zero-order valence-corrected chi connectivity index (χ0v) is 16.4. The normalized spacial score (nSPS) is 18.3. The van der Waals surface area contributed by atoms with Crippen LogP contribution in [0.15, 0.2) is 77.8 Å². The fraction of sp³-hybridized carbons (Fsp3) is 0.208. The van der Waals surface area contributed by atoms with Crippen LogP contribution in [0.2, 0.25) is 0 Å². The van der Waals surface area contributed by atoms with Crippen LogP contribution in [0.4, 0.5) is 5.69 Å². The average Bonchev–Trinajstić information content (AvgIpc) is 2.90. The summed E-state index contributed by atoms with van der Waals surface area (Å²) in [5, 5.41) is 3.66. The number of nitrogens with zero attached hydrogens (tertiary/aromatic N) is 1. The minimum atomic E-state index is -0.589. The first-order valence-corrected chi connectivity index (χ1v) is 9.35. The molecule has 0 fully saturated rings. The van der Waals surface area contributed by atoms with Gasteiger partial charge in [0, 0.05) is 17.8 Å². The molecule has 1 heterocycles. The molecule has 4 heteroatoms. The van der Waals surface area contributed by atoms with E-state index >= 15 is 0 Å². The molecule has 3 aromatic rings. The van der Waals surface area contributed by atoms with E-state index in [1.54, 1.807) is 14.2 Å². The van der Waals surface area contributed by atoms with Crippen molar-refractivity contribution >= 4 is 11.4 Å². The Morgan fingerprint density at radius 1 is 0.821 bits per heavy atom. The largest absolute Gasteiger partial charge is 0.497 e. The summed E-state index contributed by atoms with van der Waals surface area (Å²) in [5.74, 6) is 1.68. The van der Waals surface area contributed by atoms with Gasteiger partial charge in [-0.3, -0.25) is 4.99 Å². The molecule has 0 amide bonds. The molecule has 0 saturated heterocycles. The smallest absolute Gasteiger partial charge is 0.153 e. The Morgan fingerprint density at radius 2 is 1.43 bits per heavy atom. The molecule has 28 heavy (non-hydrogen) atoms. The van der Waals surface area contributed by atoms with Crippen LogP contribution in [0, 0.1) is 0 Å². The first kappa shape index (κ1) is 18.1. The van der Waals surface area contributed by atoms with Gasteiger partial charge >= 0.3 is 0 Å². The van der Waals surface area contributed by atoms with Crippen molar-refractivity contribution in [3.8, 4) is 11.5 Å². The first-order chi connectivity index (χ1) is 13.6. The molecule has 3 aromatic carbocycles. The van der Waals surface area contributed by atoms with Crippen LogP contribution in [0.5, 0.6) is 11.5 Å². The van der Waals surface area contributed by atoms with Crippen LogP contribution in [-0.4, -0.2) is 19.9 Å². The predicted molar refractivity (Wildman–Crippen MR) is 114 cm³/mol. The number of rotatable bonds is 4. The highest BCUT2D eigenvalue weighted by Crippen LogP contribution is 2.34. The van der Waals surface area contributed by atoms with Gasteiger partial charge in [-0.2, -0.15) is 0 Å². The molecule has 0 spiro atoms. The van der Waals surface area contributed by atoms with Crippen LogP contribution in [0.1, 0.15) is 23.6 Å². The number of fused-ring (bicyclic) bond motifs is 1. The van der Waals surface area contributed by atoms with Crippen LogP contribution < -0.4 is 14.8 Å². The Balaban J connectivity index is 1.82. The Morgan fingerprint density at radius 3 is 2.07 bits per heavy atom. The fourth-order valence-corrected chi connectivity index (χ4v) is 3.58. The minimum Gasteiger partial charge on any atom is -0.497 e. The highest BCUT2D eigenvalue weighted by Gasteiger charge is 2.30. The number of nitrogens with one attached hydrogen (secondary N) is 1. The fourth-order valence-electron chi connectivity index (χ4n) is 3.58. The summed E-state index contributed by atoms with van der Waals surface area (Å²) in [5.41, 5.74) is 4.96. The molecule has 1 unspecified atom stereocenters. The Labute approximate surface area is 165 Å². The van der Waals surface area contributed by atoms with Crippen molar-refractivity contribution in [2.24, 2.45) is 4.99 Å². The zero-order valence-electron chi connectivity index (χ0n) is 16.4. The monoisotopic (exact) mass is 372 g/mol. The molecule has 4 rings (SSSR count). The van der Waals surface area contributed by atoms with E-state index in [0.29, 0.717) is 0 Å². The van der Waals surface area contributed by atoms with E-state index in [2.05, 4.69) is 60.8 Å². The van der Waals surface area contributed by atoms with Crippen LogP contribution in [-0.2, 0) is 12.1 Å². The van der Waals surface area contributed by atoms with Gasteiger partial charge in [0.25, 0.3) is 0 Å². The summed E-state index contributed by atoms with van der Waals surface area (Å²) >= 11 is 0. The number of methoxy groups -OCH3 is 2. The van der Waals surface area contributed by atoms with Gasteiger partial charge < -0.3 is 14.8 Å². The predicted octanol–water partition coefficient (Wildman–Crippen LogP) is 5.03. The SMILES string of the molecule is COc1ccc(C2=NC(C)(c3ccc(OC)cc3)Nc3ccccc3C2)cc1. The topological polar surface area (TPSA) is 42.9 Å². The molecule has 0 bridgehead atoms. The summed E-state index contributed by atoms with van der Waals surface area (Å²) in [6.45, 7) is 2.11. The van der Waals surface area contributed by atoms with E-state index in [9.17, 15) is 0 Å². The minimum absolute atomic E-state index is 0.589. The number of hydrogen-bond acceptors (Lipinski definition) is 4. The van der Waals surface area contributed by atoms with Gasteiger partial charge in [0.05, 0.1) is 14.2 Å². The second kappa shape index (κ2) is 7.39. The molecule has 1 aliphatic rings. The number of anilines is 1. The van der Waals surface area contributed by atoms with Gasteiger partial charge in [-0.15, -0.1) is 0 Å². The first-order valence-electron chi connectivity index (χ1n) is 9.35. The molecular weight excluding hydrogens is 348 g/mol. The van der Waals surface area contributed by atoms with Crippen LogP contribution >= 0.6 is 0 Å². The quantitative estimate of drug-likeness (QED) is 0.698. The number of aliphatic imine (C=N–C) groups is 1. The van der Waals surface area contributed by atoms with E-state index in [4.69, 9.17) is 14.5 Å². The van der Waals surface area contributed by atoms with Gasteiger partial charge in [0.15, 0.2) is 5.66 Å². The summed E-state index contributed by atoms with van der Waals surface area (Å²) in [7, 11) is 3.36. The Hall–Kier alpha value is -3.27. The summed E-state index contributed by atoms with van der Waals surface area (Å²) in [6.07, 6.45) is 0.765. The van der Waals surface area contributed by atoms with E-state index < -0.39 is 5.66 Å². The van der Waals surface area contributed by atoms with E-state index in [-0.39, 0.29) is 0 Å². The molecular formula is C24H24N2O2. The van der Waals surface area contributed by atoms with Crippen molar-refractivity contribution in [3.63, 3.8) is 0 Å². The van der Waals surface area contributed by atoms with Crippen molar-refractivity contribution in [2.45, 2.75) is 19.0 Å². The molecule has 142 valence electrons. The zero-order chi connectivity index (χ0) is 19.6. The molecule has 0 radical (unpaired) electrons. The summed E-state index contributed by atoms with van der Waals surface area (Å²) < 4.78 is 10.6. The summed E-state index contributed by atoms with van der Waals surface area (Å²) in [4.78, 5) is 5.20. The van der Waals surface area contributed by atoms with Gasteiger partial charge in [-0.1, -0.05) is 30.3 Å². The van der Waals surface area contributed by atoms with Crippen molar-refractivity contribution < 1.29 is 9.47 Å². The van der Waals surface area contributed by atoms with Crippen molar-refractivity contribution in [1.82, 2.24) is 0 Å². The van der Waals surface area contributed by atoms with Crippen LogP contribution in [0.3, 0.4) is 0 Å². The van der Waals surface area contributed by atoms with Gasteiger partial charge in [0.1, 0.15) is 11.5 Å². The number of benzene rings is 3. The number of para-hydroxylation sites is 1. The van der Waals surface area contributed by atoms with Crippen molar-refractivity contribution in [1.29, 1.82) is 0 Å². The molecule has 1 aliphatic heterocycles. The van der Waals surface area contributed by atoms with Crippen molar-refractivity contribution in [3.05, 3.63) is 89.5 Å². The Bertz CT molecular complexity index is 994. The van der Waals surface area contributed by atoms with Gasteiger partial charge in [-0.25, -0.2) is 0 Å². The molecule has 0 aliphatic carbocycles. The molecule has 4 nitrogen and oxygen atoms in total. The third-order valence-corrected chi connectivity index (χ3v) is 5.19. The highest BCUT2D eigenvalue weighted by atomic mass is 16.5. The van der Waals surface area contributed by atoms with Gasteiger partial charge in [-0.05, 0) is 66.1 Å². The second-order valence-electron chi connectivity index (χ2n) is 7.05. The number of hydrogen-bond donors (Lipinski definition) is 1. The molecule has 0 aromatic heterocycles. The highest BCUT2D eigenvalue weighted by molar-refractivity contribution is 6.03. The lowest BCUT2D eigenvalue weighted by Gasteiger charge is -2.28. The summed E-state index contributed by atoms with van der Waals surface area (Å²) in [6, 6.07) is 24.6. The number of ether oxygens (including phenoxy) is 2. The standard InChI is InChI=1S/C24H24N2O2/c1-24(19-10-14-21(28-3)15-11-19)25-22-7-5-4-6-18(22)16-23(26-24)17-8-12-20(27-2)13-9-17/h4-15,25H,16H2,1-3H3. The molecule has 0 saturated carbocycles. The average molecular weight is 372 g/mol.